The van der Waals surface area contributed by atoms with E-state index in [4.69, 9.17) is 10.5 Å². The van der Waals surface area contributed by atoms with Crippen LogP contribution in [-0.2, 0) is 0 Å². The highest BCUT2D eigenvalue weighted by molar-refractivity contribution is 7.99. The fourth-order valence-electron chi connectivity index (χ4n) is 1.33. The number of nitrogens with two attached hydrogens (primary N) is 1. The molecule has 1 aromatic rings. The van der Waals surface area contributed by atoms with Crippen molar-refractivity contribution in [2.45, 2.75) is 33.2 Å². The number of nitrogens with zero attached hydrogens (tertiary/aromatic N) is 3. The van der Waals surface area contributed by atoms with Crippen molar-refractivity contribution in [1.29, 1.82) is 0 Å². The fraction of sp³-hybridized carbons (Fsp3) is 0.727. The molecule has 6 nitrogen and oxygen atoms in total. The molecule has 0 spiro atoms. The lowest BCUT2D eigenvalue weighted by Crippen LogP contribution is -2.19. The van der Waals surface area contributed by atoms with Crippen molar-refractivity contribution < 1.29 is 4.74 Å². The summed E-state index contributed by atoms with van der Waals surface area (Å²) < 4.78 is 5.22. The number of nitrogens with one attached hydrogen (secondary N) is 1. The molecule has 0 radical (unpaired) electrons. The van der Waals surface area contributed by atoms with Crippen LogP contribution in [0.2, 0.25) is 0 Å². The number of hydrogen-bond donors (Lipinski definition) is 2. The number of thioether (sulfide) groups is 1. The second-order valence-electron chi connectivity index (χ2n) is 3.76. The number of rotatable bonds is 8. The largest absolute Gasteiger partial charge is 0.464 e. The van der Waals surface area contributed by atoms with Crippen LogP contribution >= 0.6 is 11.8 Å². The van der Waals surface area contributed by atoms with Gasteiger partial charge in [0.25, 0.3) is 0 Å². The third kappa shape index (κ3) is 5.39. The van der Waals surface area contributed by atoms with Gasteiger partial charge in [-0.15, -0.1) is 0 Å². The van der Waals surface area contributed by atoms with Crippen molar-refractivity contribution in [2.75, 3.05) is 29.2 Å². The van der Waals surface area contributed by atoms with Gasteiger partial charge < -0.3 is 15.8 Å². The Labute approximate surface area is 112 Å². The molecule has 1 unspecified atom stereocenters. The molecular weight excluding hydrogens is 250 g/mol. The molecule has 0 saturated heterocycles. The van der Waals surface area contributed by atoms with Crippen molar-refractivity contribution >= 4 is 23.7 Å². The van der Waals surface area contributed by atoms with Gasteiger partial charge in [-0.1, -0.05) is 6.92 Å². The van der Waals surface area contributed by atoms with Gasteiger partial charge in [-0.05, 0) is 31.8 Å². The molecule has 3 N–H and O–H groups in total. The highest BCUT2D eigenvalue weighted by atomic mass is 32.2. The second-order valence-corrected chi connectivity index (χ2v) is 5.16. The zero-order valence-corrected chi connectivity index (χ0v) is 12.0. The van der Waals surface area contributed by atoms with E-state index in [1.165, 1.54) is 0 Å². The molecule has 0 saturated carbocycles. The van der Waals surface area contributed by atoms with Crippen molar-refractivity contribution in [2.24, 2.45) is 0 Å². The highest BCUT2D eigenvalue weighted by Crippen LogP contribution is 2.12. The minimum atomic E-state index is 0.172. The molecule has 1 heterocycles. The average Bonchev–Trinajstić information content (AvgIpc) is 2.28. The van der Waals surface area contributed by atoms with E-state index >= 15 is 0 Å². The summed E-state index contributed by atoms with van der Waals surface area (Å²) >= 11 is 1.92. The van der Waals surface area contributed by atoms with Crippen LogP contribution in [0.3, 0.4) is 0 Å². The molecule has 0 aliphatic carbocycles. The molecule has 0 aliphatic rings. The van der Waals surface area contributed by atoms with Gasteiger partial charge in [0.05, 0.1) is 6.61 Å². The highest BCUT2D eigenvalue weighted by Gasteiger charge is 2.08. The summed E-state index contributed by atoms with van der Waals surface area (Å²) in [5.41, 5.74) is 5.60. The van der Waals surface area contributed by atoms with Gasteiger partial charge >= 0.3 is 6.01 Å². The topological polar surface area (TPSA) is 86.0 Å². The van der Waals surface area contributed by atoms with Crippen molar-refractivity contribution in [1.82, 2.24) is 15.0 Å². The molecule has 1 rings (SSSR count). The van der Waals surface area contributed by atoms with Crippen LogP contribution < -0.4 is 15.8 Å². The van der Waals surface area contributed by atoms with Crippen LogP contribution in [0.25, 0.3) is 0 Å². The van der Waals surface area contributed by atoms with Gasteiger partial charge in [-0.3, -0.25) is 0 Å². The molecule has 0 bridgehead atoms. The minimum Gasteiger partial charge on any atom is -0.464 e. The van der Waals surface area contributed by atoms with Crippen molar-refractivity contribution in [3.05, 3.63) is 0 Å². The predicted molar refractivity (Wildman–Crippen MR) is 76.1 cm³/mol. The first-order valence-corrected chi connectivity index (χ1v) is 7.29. The maximum absolute atomic E-state index is 5.60. The zero-order valence-electron chi connectivity index (χ0n) is 11.1. The molecule has 0 aromatic carbocycles. The van der Waals surface area contributed by atoms with Gasteiger partial charge in [-0.25, -0.2) is 0 Å². The lowest BCUT2D eigenvalue weighted by molar-refractivity contribution is 0.312. The zero-order chi connectivity index (χ0) is 13.4. The summed E-state index contributed by atoms with van der Waals surface area (Å²) in [6.07, 6.45) is 1.05. The van der Waals surface area contributed by atoms with Gasteiger partial charge in [0.1, 0.15) is 0 Å². The van der Waals surface area contributed by atoms with Crippen LogP contribution in [-0.4, -0.2) is 39.1 Å². The van der Waals surface area contributed by atoms with Crippen LogP contribution in [0.15, 0.2) is 0 Å². The second kappa shape index (κ2) is 7.97. The summed E-state index contributed by atoms with van der Waals surface area (Å²) in [5.74, 6) is 2.90. The smallest absolute Gasteiger partial charge is 0.323 e. The van der Waals surface area contributed by atoms with E-state index in [0.29, 0.717) is 18.6 Å². The Kier molecular flexibility index (Phi) is 6.56. The lowest BCUT2D eigenvalue weighted by atomic mass is 10.3. The molecule has 1 aromatic heterocycles. The van der Waals surface area contributed by atoms with E-state index in [9.17, 15) is 0 Å². The molecule has 102 valence electrons. The number of aromatic nitrogens is 3. The summed E-state index contributed by atoms with van der Waals surface area (Å²) in [6.45, 7) is 6.63. The predicted octanol–water partition coefficient (Wildman–Crippen LogP) is 1.80. The van der Waals surface area contributed by atoms with Crippen LogP contribution in [0.4, 0.5) is 11.9 Å². The Bertz CT molecular complexity index is 363. The summed E-state index contributed by atoms with van der Waals surface area (Å²) in [5, 5.41) is 3.20. The number of anilines is 2. The molecular formula is C11H21N5OS. The molecule has 0 aliphatic heterocycles. The normalized spacial score (nSPS) is 12.2. The third-order valence-corrected chi connectivity index (χ3v) is 3.11. The van der Waals surface area contributed by atoms with E-state index in [1.54, 1.807) is 0 Å². The Balaban J connectivity index is 2.54. The lowest BCUT2D eigenvalue weighted by Gasteiger charge is -2.13. The van der Waals surface area contributed by atoms with E-state index in [0.717, 1.165) is 17.9 Å². The van der Waals surface area contributed by atoms with Crippen LogP contribution in [0.1, 0.15) is 27.2 Å². The van der Waals surface area contributed by atoms with Gasteiger partial charge in [0.15, 0.2) is 0 Å². The monoisotopic (exact) mass is 271 g/mol. The van der Waals surface area contributed by atoms with Gasteiger partial charge in [0.2, 0.25) is 11.9 Å². The quantitative estimate of drug-likeness (QED) is 0.697. The van der Waals surface area contributed by atoms with E-state index < -0.39 is 0 Å². The van der Waals surface area contributed by atoms with Gasteiger partial charge in [-0.2, -0.15) is 26.7 Å². The standard InChI is InChI=1S/C11H21N5OS/c1-4-17-11-15-9(12)14-10(16-11)13-8(3)6-7-18-5-2/h8H,4-7H2,1-3H3,(H3,12,13,14,15,16). The molecule has 18 heavy (non-hydrogen) atoms. The Hall–Kier alpha value is -1.24. The summed E-state index contributed by atoms with van der Waals surface area (Å²) in [6, 6.07) is 0.558. The summed E-state index contributed by atoms with van der Waals surface area (Å²) in [7, 11) is 0. The van der Waals surface area contributed by atoms with E-state index in [2.05, 4.69) is 34.1 Å². The van der Waals surface area contributed by atoms with Crippen LogP contribution in [0, 0.1) is 0 Å². The summed E-state index contributed by atoms with van der Waals surface area (Å²) in [4.78, 5) is 12.1. The molecule has 7 heteroatoms. The Morgan fingerprint density at radius 2 is 2.11 bits per heavy atom. The van der Waals surface area contributed by atoms with Gasteiger partial charge in [0, 0.05) is 6.04 Å². The number of hydrogen-bond acceptors (Lipinski definition) is 7. The van der Waals surface area contributed by atoms with Crippen molar-refractivity contribution in [3.8, 4) is 6.01 Å². The van der Waals surface area contributed by atoms with E-state index in [1.807, 2.05) is 18.7 Å². The van der Waals surface area contributed by atoms with Crippen molar-refractivity contribution in [3.63, 3.8) is 0 Å². The average molecular weight is 271 g/mol. The minimum absolute atomic E-state index is 0.172. The number of ether oxygens (including phenoxy) is 1. The first-order chi connectivity index (χ1) is 8.65. The first kappa shape index (κ1) is 14.8. The molecule has 0 fully saturated rings. The molecule has 1 atom stereocenters. The fourth-order valence-corrected chi connectivity index (χ4v) is 2.14. The SMILES string of the molecule is CCOc1nc(N)nc(NC(C)CCSCC)n1. The number of nitrogen functional groups attached to an aromatic ring is 1. The van der Waals surface area contributed by atoms with Crippen LogP contribution in [0.5, 0.6) is 6.01 Å². The maximum Gasteiger partial charge on any atom is 0.323 e. The van der Waals surface area contributed by atoms with E-state index in [-0.39, 0.29) is 12.0 Å². The molecule has 0 amide bonds. The maximum atomic E-state index is 5.60. The first-order valence-electron chi connectivity index (χ1n) is 6.14. The Morgan fingerprint density at radius 3 is 2.78 bits per heavy atom. The Morgan fingerprint density at radius 1 is 1.33 bits per heavy atom. The third-order valence-electron chi connectivity index (χ3n) is 2.18.